The van der Waals surface area contributed by atoms with Crippen LogP contribution in [-0.4, -0.2) is 17.6 Å². The quantitative estimate of drug-likeness (QED) is 0.649. The van der Waals surface area contributed by atoms with E-state index >= 15 is 0 Å². The fraction of sp³-hybridized carbons (Fsp3) is 1.00. The smallest absolute Gasteiger partial charge is 0.336 e. The summed E-state index contributed by atoms with van der Waals surface area (Å²) in [5.74, 6) is -3.22. The van der Waals surface area contributed by atoms with E-state index in [0.717, 1.165) is 0 Å². The van der Waals surface area contributed by atoms with Crippen molar-refractivity contribution < 1.29 is 22.7 Å². The molecule has 1 N–H and O–H groups in total. The number of hydrogen-bond donors (Lipinski definition) is 1. The number of rotatable bonds is 3. The fourth-order valence-corrected chi connectivity index (χ4v) is 0.844. The third-order valence-electron chi connectivity index (χ3n) is 1.39. The lowest BCUT2D eigenvalue weighted by Crippen LogP contribution is -2.37. The molecule has 0 spiro atoms. The summed E-state index contributed by atoms with van der Waals surface area (Å²) < 4.78 is 47.5. The minimum atomic E-state index is -4.29. The van der Waals surface area contributed by atoms with Crippen LogP contribution in [0.1, 0.15) is 13.8 Å². The average Bonchev–Trinajstić information content (AvgIpc) is 1.54. The first-order valence-corrected chi connectivity index (χ1v) is 3.15. The normalized spacial score (nSPS) is 16.1. The van der Waals surface area contributed by atoms with E-state index in [1.54, 1.807) is 0 Å². The third kappa shape index (κ3) is 3.05. The van der Waals surface area contributed by atoms with E-state index in [2.05, 4.69) is 0 Å². The van der Waals surface area contributed by atoms with E-state index in [0.29, 0.717) is 0 Å². The largest absolute Gasteiger partial charge is 0.361 e. The zero-order chi connectivity index (χ0) is 9.23. The second kappa shape index (κ2) is 3.38. The lowest BCUT2D eigenvalue weighted by Gasteiger charge is -2.24. The molecule has 0 aliphatic carbocycles. The maximum atomic E-state index is 12.0. The van der Waals surface area contributed by atoms with Crippen molar-refractivity contribution in [1.29, 1.82) is 0 Å². The van der Waals surface area contributed by atoms with E-state index in [1.165, 1.54) is 13.8 Å². The Morgan fingerprint density at radius 3 is 1.55 bits per heavy atom. The summed E-state index contributed by atoms with van der Waals surface area (Å²) >= 11 is 0. The van der Waals surface area contributed by atoms with Crippen LogP contribution in [0.4, 0.5) is 17.6 Å². The van der Waals surface area contributed by atoms with Crippen LogP contribution >= 0.6 is 0 Å². The molecule has 0 aliphatic heterocycles. The second-order valence-electron chi connectivity index (χ2n) is 2.69. The molecule has 0 saturated heterocycles. The van der Waals surface area contributed by atoms with Crippen LogP contribution in [0.25, 0.3) is 0 Å². The van der Waals surface area contributed by atoms with Gasteiger partial charge in [-0.1, -0.05) is 13.8 Å². The fourth-order valence-electron chi connectivity index (χ4n) is 0.844. The van der Waals surface area contributed by atoms with Gasteiger partial charge in [0.05, 0.1) is 0 Å². The van der Waals surface area contributed by atoms with E-state index in [4.69, 9.17) is 5.11 Å². The monoisotopic (exact) mass is 174 g/mol. The molecule has 0 heterocycles. The van der Waals surface area contributed by atoms with Gasteiger partial charge >= 0.3 is 6.11 Å². The molecule has 0 aromatic rings. The predicted octanol–water partition coefficient (Wildman–Crippen LogP) is 2.11. The number of aliphatic hydroxyl groups is 1. The molecule has 0 bridgehead atoms. The summed E-state index contributed by atoms with van der Waals surface area (Å²) in [5, 5.41) is 8.00. The second-order valence-corrected chi connectivity index (χ2v) is 2.69. The van der Waals surface area contributed by atoms with Crippen molar-refractivity contribution in [2.24, 2.45) is 11.8 Å². The summed E-state index contributed by atoms with van der Waals surface area (Å²) in [6.45, 7) is 2.42. The Balaban J connectivity index is 4.35. The van der Waals surface area contributed by atoms with Gasteiger partial charge in [0, 0.05) is 0 Å². The summed E-state index contributed by atoms with van der Waals surface area (Å²) in [7, 11) is 0. The minimum Gasteiger partial charge on any atom is -0.336 e. The van der Waals surface area contributed by atoms with Crippen LogP contribution in [-0.2, 0) is 0 Å². The van der Waals surface area contributed by atoms with Crippen molar-refractivity contribution in [2.45, 2.75) is 26.4 Å². The highest BCUT2D eigenvalue weighted by Crippen LogP contribution is 2.32. The molecule has 0 rings (SSSR count). The van der Waals surface area contributed by atoms with Gasteiger partial charge in [-0.15, -0.1) is 0 Å². The molecule has 1 unspecified atom stereocenters. The Morgan fingerprint density at radius 1 is 1.18 bits per heavy atom. The molecule has 0 aromatic heterocycles. The summed E-state index contributed by atoms with van der Waals surface area (Å²) in [6.07, 6.45) is -7.49. The lowest BCUT2D eigenvalue weighted by molar-refractivity contribution is -0.270. The zero-order valence-electron chi connectivity index (χ0n) is 6.19. The molecular weight excluding hydrogens is 164 g/mol. The minimum absolute atomic E-state index is 0.949. The van der Waals surface area contributed by atoms with Crippen LogP contribution < -0.4 is 0 Å². The van der Waals surface area contributed by atoms with Gasteiger partial charge in [-0.05, 0) is 5.92 Å². The van der Waals surface area contributed by atoms with Gasteiger partial charge in [-0.3, -0.25) is 0 Å². The summed E-state index contributed by atoms with van der Waals surface area (Å²) in [6, 6.07) is 0. The predicted molar refractivity (Wildman–Crippen MR) is 31.5 cm³/mol. The number of hydrogen-bond acceptors (Lipinski definition) is 1. The maximum Gasteiger partial charge on any atom is 0.361 e. The van der Waals surface area contributed by atoms with Gasteiger partial charge in [0.2, 0.25) is 6.43 Å². The van der Waals surface area contributed by atoms with Crippen LogP contribution in [0, 0.1) is 11.8 Å². The van der Waals surface area contributed by atoms with Crippen LogP contribution in [0.2, 0.25) is 0 Å². The Morgan fingerprint density at radius 2 is 1.55 bits per heavy atom. The van der Waals surface area contributed by atoms with Crippen molar-refractivity contribution in [3.8, 4) is 0 Å². The van der Waals surface area contributed by atoms with Crippen molar-refractivity contribution in [3.63, 3.8) is 0 Å². The number of halogens is 4. The molecule has 0 aromatic carbocycles. The summed E-state index contributed by atoms with van der Waals surface area (Å²) in [4.78, 5) is 0. The Labute approximate surface area is 62.0 Å². The number of alkyl halides is 4. The highest BCUT2D eigenvalue weighted by atomic mass is 19.3. The summed E-state index contributed by atoms with van der Waals surface area (Å²) in [5.41, 5.74) is 0. The first kappa shape index (κ1) is 10.7. The van der Waals surface area contributed by atoms with Crippen molar-refractivity contribution >= 4 is 0 Å². The van der Waals surface area contributed by atoms with Crippen LogP contribution in [0.3, 0.4) is 0 Å². The molecule has 5 heteroatoms. The van der Waals surface area contributed by atoms with Gasteiger partial charge in [-0.25, -0.2) is 8.78 Å². The highest BCUT2D eigenvalue weighted by molar-refractivity contribution is 4.72. The molecule has 0 saturated carbocycles. The molecule has 11 heavy (non-hydrogen) atoms. The first-order valence-electron chi connectivity index (χ1n) is 3.15. The van der Waals surface area contributed by atoms with Gasteiger partial charge < -0.3 is 5.11 Å². The van der Waals surface area contributed by atoms with E-state index < -0.39 is 24.4 Å². The topological polar surface area (TPSA) is 20.2 Å². The SMILES string of the molecule is CC(C)C(C(F)F)C(O)(F)F. The van der Waals surface area contributed by atoms with Crippen molar-refractivity contribution in [1.82, 2.24) is 0 Å². The standard InChI is InChI=1S/C6H10F4O/c1-3(2)4(5(7)8)6(9,10)11/h3-5,11H,1-2H3. The highest BCUT2D eigenvalue weighted by Gasteiger charge is 2.45. The van der Waals surface area contributed by atoms with Gasteiger partial charge in [0.1, 0.15) is 5.92 Å². The van der Waals surface area contributed by atoms with Gasteiger partial charge in [0.25, 0.3) is 0 Å². The molecule has 1 nitrogen and oxygen atoms in total. The van der Waals surface area contributed by atoms with Crippen LogP contribution in [0.5, 0.6) is 0 Å². The average molecular weight is 174 g/mol. The van der Waals surface area contributed by atoms with Crippen LogP contribution in [0.15, 0.2) is 0 Å². The van der Waals surface area contributed by atoms with Crippen molar-refractivity contribution in [2.75, 3.05) is 0 Å². The Hall–Kier alpha value is -0.320. The van der Waals surface area contributed by atoms with E-state index in [9.17, 15) is 17.6 Å². The van der Waals surface area contributed by atoms with Gasteiger partial charge in [-0.2, -0.15) is 8.78 Å². The molecule has 1 atom stereocenters. The molecular formula is C6H10F4O. The Kier molecular flexibility index (Phi) is 3.29. The molecule has 0 fully saturated rings. The van der Waals surface area contributed by atoms with E-state index in [1.807, 2.05) is 0 Å². The maximum absolute atomic E-state index is 12.0. The molecule has 0 amide bonds. The zero-order valence-corrected chi connectivity index (χ0v) is 6.19. The lowest BCUT2D eigenvalue weighted by atomic mass is 9.95. The molecule has 68 valence electrons. The molecule has 0 radical (unpaired) electrons. The first-order chi connectivity index (χ1) is 4.76. The van der Waals surface area contributed by atoms with Crippen molar-refractivity contribution in [3.05, 3.63) is 0 Å². The molecule has 0 aliphatic rings. The third-order valence-corrected chi connectivity index (χ3v) is 1.39. The van der Waals surface area contributed by atoms with Gasteiger partial charge in [0.15, 0.2) is 0 Å². The van der Waals surface area contributed by atoms with E-state index in [-0.39, 0.29) is 0 Å². The Bertz CT molecular complexity index is 110.